The summed E-state index contributed by atoms with van der Waals surface area (Å²) in [6, 6.07) is 0. The normalized spacial score (nSPS) is 24.4. The second kappa shape index (κ2) is 3.89. The molecule has 1 saturated heterocycles. The lowest BCUT2D eigenvalue weighted by Crippen LogP contribution is -2.27. The first-order chi connectivity index (χ1) is 5.64. The number of nitrogens with zero attached hydrogens (tertiary/aromatic N) is 1. The molecule has 1 heterocycles. The Hall–Kier alpha value is -0.580. The number of sulfone groups is 1. The van der Waals surface area contributed by atoms with Crippen molar-refractivity contribution in [1.82, 2.24) is 0 Å². The van der Waals surface area contributed by atoms with Gasteiger partial charge in [0.2, 0.25) is 0 Å². The Morgan fingerprint density at radius 2 is 2.00 bits per heavy atom. The Labute approximate surface area is 72.5 Å². The number of hydrogen-bond acceptors (Lipinski definition) is 4. The molecule has 0 bridgehead atoms. The third kappa shape index (κ3) is 2.81. The van der Waals surface area contributed by atoms with Crippen molar-refractivity contribution in [3.8, 4) is 0 Å². The van der Waals surface area contributed by atoms with Crippen molar-refractivity contribution >= 4 is 16.1 Å². The Bertz CT molecular complexity index is 244. The van der Waals surface area contributed by atoms with Gasteiger partial charge in [0, 0.05) is 19.1 Å². The molecule has 1 aliphatic heterocycles. The van der Waals surface area contributed by atoms with Gasteiger partial charge in [0.15, 0.2) is 9.84 Å². The molecule has 0 saturated carbocycles. The van der Waals surface area contributed by atoms with Gasteiger partial charge in [0.25, 0.3) is 0 Å². The van der Waals surface area contributed by atoms with E-state index < -0.39 is 9.84 Å². The standard InChI is InChI=1S/C7H13NO3S/c1-2-8-11-7-3-5-12(9,10)6-4-7/h2,7H,3-6H2,1H3/b8-2+. The van der Waals surface area contributed by atoms with E-state index in [1.165, 1.54) is 0 Å². The van der Waals surface area contributed by atoms with Gasteiger partial charge in [-0.3, -0.25) is 0 Å². The topological polar surface area (TPSA) is 55.7 Å². The van der Waals surface area contributed by atoms with E-state index in [1.54, 1.807) is 13.1 Å². The fourth-order valence-electron chi connectivity index (χ4n) is 1.12. The van der Waals surface area contributed by atoms with Gasteiger partial charge < -0.3 is 4.84 Å². The van der Waals surface area contributed by atoms with Gasteiger partial charge in [0.1, 0.15) is 6.10 Å². The number of oxime groups is 1. The zero-order chi connectivity index (χ0) is 9.03. The van der Waals surface area contributed by atoms with E-state index in [0.29, 0.717) is 12.8 Å². The molecule has 4 nitrogen and oxygen atoms in total. The summed E-state index contributed by atoms with van der Waals surface area (Å²) in [4.78, 5) is 5.03. The molecule has 0 aliphatic carbocycles. The molecule has 0 unspecified atom stereocenters. The summed E-state index contributed by atoms with van der Waals surface area (Å²) in [5.41, 5.74) is 0. The highest BCUT2D eigenvalue weighted by Crippen LogP contribution is 2.15. The molecule has 5 heteroatoms. The smallest absolute Gasteiger partial charge is 0.150 e. The van der Waals surface area contributed by atoms with Gasteiger partial charge in [-0.25, -0.2) is 8.42 Å². The van der Waals surface area contributed by atoms with Crippen molar-refractivity contribution in [2.45, 2.75) is 25.9 Å². The molecule has 0 atom stereocenters. The van der Waals surface area contributed by atoms with Gasteiger partial charge in [-0.05, 0) is 6.92 Å². The molecule has 1 fully saturated rings. The van der Waals surface area contributed by atoms with Crippen molar-refractivity contribution in [2.24, 2.45) is 5.16 Å². The van der Waals surface area contributed by atoms with Crippen molar-refractivity contribution in [3.63, 3.8) is 0 Å². The molecular formula is C7H13NO3S. The highest BCUT2D eigenvalue weighted by Gasteiger charge is 2.24. The van der Waals surface area contributed by atoms with E-state index in [-0.39, 0.29) is 17.6 Å². The minimum Gasteiger partial charge on any atom is -0.393 e. The predicted molar refractivity (Wildman–Crippen MR) is 46.9 cm³/mol. The minimum absolute atomic E-state index is 0.00951. The molecule has 12 heavy (non-hydrogen) atoms. The van der Waals surface area contributed by atoms with Crippen LogP contribution in [0, 0.1) is 0 Å². The number of rotatable bonds is 2. The van der Waals surface area contributed by atoms with Crippen LogP contribution in [0.15, 0.2) is 5.16 Å². The van der Waals surface area contributed by atoms with Crippen LogP contribution in [-0.4, -0.2) is 32.2 Å². The van der Waals surface area contributed by atoms with E-state index in [2.05, 4.69) is 5.16 Å². The van der Waals surface area contributed by atoms with Crippen LogP contribution in [0.4, 0.5) is 0 Å². The van der Waals surface area contributed by atoms with Crippen LogP contribution in [0.5, 0.6) is 0 Å². The summed E-state index contributed by atoms with van der Waals surface area (Å²) in [6.45, 7) is 1.76. The fourth-order valence-corrected chi connectivity index (χ4v) is 2.57. The lowest BCUT2D eigenvalue weighted by molar-refractivity contribution is 0.0533. The number of hydrogen-bond donors (Lipinski definition) is 0. The third-order valence-corrected chi connectivity index (χ3v) is 3.53. The molecule has 0 aromatic heterocycles. The third-order valence-electron chi connectivity index (χ3n) is 1.82. The molecular weight excluding hydrogens is 178 g/mol. The molecule has 0 radical (unpaired) electrons. The fraction of sp³-hybridized carbons (Fsp3) is 0.857. The van der Waals surface area contributed by atoms with Crippen LogP contribution in [0.2, 0.25) is 0 Å². The summed E-state index contributed by atoms with van der Waals surface area (Å²) in [5, 5.41) is 3.62. The first-order valence-corrected chi connectivity index (χ1v) is 5.80. The van der Waals surface area contributed by atoms with Crippen LogP contribution < -0.4 is 0 Å². The quantitative estimate of drug-likeness (QED) is 0.474. The maximum absolute atomic E-state index is 11.0. The van der Waals surface area contributed by atoms with E-state index >= 15 is 0 Å². The molecule has 1 rings (SSSR count). The molecule has 0 spiro atoms. The monoisotopic (exact) mass is 191 g/mol. The Kier molecular flexibility index (Phi) is 3.08. The summed E-state index contributed by atoms with van der Waals surface area (Å²) in [7, 11) is -2.77. The summed E-state index contributed by atoms with van der Waals surface area (Å²) in [6.07, 6.45) is 2.69. The summed E-state index contributed by atoms with van der Waals surface area (Å²) >= 11 is 0. The summed E-state index contributed by atoms with van der Waals surface area (Å²) < 4.78 is 22.0. The lowest BCUT2D eigenvalue weighted by atomic mass is 10.2. The first-order valence-electron chi connectivity index (χ1n) is 3.98. The lowest BCUT2D eigenvalue weighted by Gasteiger charge is -2.19. The van der Waals surface area contributed by atoms with Crippen molar-refractivity contribution in [2.75, 3.05) is 11.5 Å². The second-order valence-corrected chi connectivity index (χ2v) is 5.12. The van der Waals surface area contributed by atoms with E-state index in [0.717, 1.165) is 0 Å². The largest absolute Gasteiger partial charge is 0.393 e. The van der Waals surface area contributed by atoms with Gasteiger partial charge in [-0.1, -0.05) is 5.16 Å². The van der Waals surface area contributed by atoms with Crippen molar-refractivity contribution in [3.05, 3.63) is 0 Å². The Morgan fingerprint density at radius 3 is 2.50 bits per heavy atom. The molecule has 0 aromatic rings. The molecule has 70 valence electrons. The van der Waals surface area contributed by atoms with E-state index in [1.807, 2.05) is 0 Å². The minimum atomic E-state index is -2.77. The predicted octanol–water partition coefficient (Wildman–Crippen LogP) is 0.586. The summed E-state index contributed by atoms with van der Waals surface area (Å²) in [5.74, 6) is 0.466. The second-order valence-electron chi connectivity index (χ2n) is 2.82. The van der Waals surface area contributed by atoms with Crippen LogP contribution in [0.25, 0.3) is 0 Å². The average molecular weight is 191 g/mol. The van der Waals surface area contributed by atoms with Crippen molar-refractivity contribution < 1.29 is 13.3 Å². The van der Waals surface area contributed by atoms with Crippen LogP contribution >= 0.6 is 0 Å². The Morgan fingerprint density at radius 1 is 1.42 bits per heavy atom. The SMILES string of the molecule is C/C=N/OC1CCS(=O)(=O)CC1. The van der Waals surface area contributed by atoms with Gasteiger partial charge >= 0.3 is 0 Å². The van der Waals surface area contributed by atoms with Gasteiger partial charge in [-0.15, -0.1) is 0 Å². The van der Waals surface area contributed by atoms with Crippen molar-refractivity contribution in [1.29, 1.82) is 0 Å². The van der Waals surface area contributed by atoms with Gasteiger partial charge in [0.05, 0.1) is 11.5 Å². The zero-order valence-electron chi connectivity index (χ0n) is 7.06. The molecule has 0 N–H and O–H groups in total. The van der Waals surface area contributed by atoms with Crippen LogP contribution in [0.1, 0.15) is 19.8 Å². The van der Waals surface area contributed by atoms with E-state index in [9.17, 15) is 8.42 Å². The molecule has 0 amide bonds. The Balaban J connectivity index is 2.36. The van der Waals surface area contributed by atoms with Crippen LogP contribution in [-0.2, 0) is 14.7 Å². The van der Waals surface area contributed by atoms with Gasteiger partial charge in [-0.2, -0.15) is 0 Å². The first kappa shape index (κ1) is 9.51. The highest BCUT2D eigenvalue weighted by atomic mass is 32.2. The highest BCUT2D eigenvalue weighted by molar-refractivity contribution is 7.91. The zero-order valence-corrected chi connectivity index (χ0v) is 7.88. The maximum atomic E-state index is 11.0. The maximum Gasteiger partial charge on any atom is 0.150 e. The average Bonchev–Trinajstić information content (AvgIpc) is 2.03. The molecule has 0 aromatic carbocycles. The van der Waals surface area contributed by atoms with Crippen LogP contribution in [0.3, 0.4) is 0 Å². The van der Waals surface area contributed by atoms with E-state index in [4.69, 9.17) is 4.84 Å². The molecule has 1 aliphatic rings.